The van der Waals surface area contributed by atoms with Gasteiger partial charge >= 0.3 is 0 Å². The fourth-order valence-electron chi connectivity index (χ4n) is 2.35. The molecule has 106 valence electrons. The number of rotatable bonds is 2. The van der Waals surface area contributed by atoms with Gasteiger partial charge in [0.15, 0.2) is 0 Å². The minimum Gasteiger partial charge on any atom is -0.377 e. The van der Waals surface area contributed by atoms with Gasteiger partial charge in [-0.25, -0.2) is 4.98 Å². The zero-order valence-corrected chi connectivity index (χ0v) is 14.1. The molecule has 0 saturated heterocycles. The van der Waals surface area contributed by atoms with E-state index in [0.717, 1.165) is 37.3 Å². The van der Waals surface area contributed by atoms with Gasteiger partial charge < -0.3 is 4.90 Å². The normalized spacial score (nSPS) is 10.9. The summed E-state index contributed by atoms with van der Waals surface area (Å²) < 4.78 is 1.05. The maximum Gasteiger partial charge on any atom is 0.0731 e. The molecule has 0 atom stereocenters. The predicted molar refractivity (Wildman–Crippen MR) is 94.2 cm³/mol. The van der Waals surface area contributed by atoms with Crippen LogP contribution in [0.15, 0.2) is 53.0 Å². The molecule has 2 nitrogen and oxygen atoms in total. The van der Waals surface area contributed by atoms with Crippen LogP contribution in [0.1, 0.15) is 0 Å². The highest BCUT2D eigenvalue weighted by Crippen LogP contribution is 2.32. The monoisotopic (exact) mass is 360 g/mol. The number of benzene rings is 2. The van der Waals surface area contributed by atoms with Crippen LogP contribution in [-0.4, -0.2) is 19.1 Å². The van der Waals surface area contributed by atoms with Crippen molar-refractivity contribution in [2.45, 2.75) is 0 Å². The number of nitrogens with zero attached hydrogens (tertiary/aromatic N) is 2. The lowest BCUT2D eigenvalue weighted by Gasteiger charge is -2.17. The van der Waals surface area contributed by atoms with Crippen LogP contribution in [0.25, 0.3) is 22.2 Å². The second-order valence-electron chi connectivity index (χ2n) is 5.09. The molecule has 0 aliphatic carbocycles. The maximum atomic E-state index is 6.09. The topological polar surface area (TPSA) is 16.1 Å². The second-order valence-corrected chi connectivity index (χ2v) is 6.44. The summed E-state index contributed by atoms with van der Waals surface area (Å²) >= 11 is 9.62. The van der Waals surface area contributed by atoms with Crippen molar-refractivity contribution in [3.8, 4) is 11.3 Å². The van der Waals surface area contributed by atoms with Crippen molar-refractivity contribution in [3.05, 3.63) is 58.0 Å². The molecule has 1 heterocycles. The van der Waals surface area contributed by atoms with Crippen molar-refractivity contribution >= 4 is 44.1 Å². The molecule has 21 heavy (non-hydrogen) atoms. The summed E-state index contributed by atoms with van der Waals surface area (Å²) in [7, 11) is 4.08. The Labute approximate surface area is 137 Å². The molecule has 0 fully saturated rings. The number of aromatic nitrogens is 1. The van der Waals surface area contributed by atoms with E-state index in [2.05, 4.69) is 33.0 Å². The summed E-state index contributed by atoms with van der Waals surface area (Å²) in [5.41, 5.74) is 4.06. The first-order chi connectivity index (χ1) is 10.0. The van der Waals surface area contributed by atoms with E-state index in [1.165, 1.54) is 0 Å². The van der Waals surface area contributed by atoms with Gasteiger partial charge in [0.2, 0.25) is 0 Å². The summed E-state index contributed by atoms with van der Waals surface area (Å²) in [5.74, 6) is 0. The Morgan fingerprint density at radius 3 is 2.57 bits per heavy atom. The zero-order chi connectivity index (χ0) is 15.0. The highest BCUT2D eigenvalue weighted by Gasteiger charge is 2.10. The molecule has 0 radical (unpaired) electrons. The number of pyridine rings is 1. The van der Waals surface area contributed by atoms with Gasteiger partial charge in [0.1, 0.15) is 0 Å². The van der Waals surface area contributed by atoms with Gasteiger partial charge in [-0.3, -0.25) is 0 Å². The van der Waals surface area contributed by atoms with Gasteiger partial charge in [-0.05, 0) is 36.4 Å². The maximum absolute atomic E-state index is 6.09. The molecular weight excluding hydrogens is 348 g/mol. The third-order valence-electron chi connectivity index (χ3n) is 3.35. The average Bonchev–Trinajstić information content (AvgIpc) is 2.46. The fourth-order valence-corrected chi connectivity index (χ4v) is 2.90. The number of hydrogen-bond donors (Lipinski definition) is 0. The van der Waals surface area contributed by atoms with Crippen molar-refractivity contribution in [2.75, 3.05) is 19.0 Å². The molecule has 0 spiro atoms. The molecule has 3 aromatic rings. The standard InChI is InChI=1S/C17H14BrClN2/c1-21(2)17-10-16(11-4-3-5-13(19)8-11)20-15-7-6-12(18)9-14(15)17/h3-10H,1-2H3. The molecule has 0 aliphatic heterocycles. The Hall–Kier alpha value is -1.58. The van der Waals surface area contributed by atoms with Gasteiger partial charge in [0.05, 0.1) is 11.2 Å². The third kappa shape index (κ3) is 2.89. The van der Waals surface area contributed by atoms with Gasteiger partial charge in [-0.2, -0.15) is 0 Å². The average molecular weight is 362 g/mol. The molecule has 1 aromatic heterocycles. The Morgan fingerprint density at radius 2 is 1.86 bits per heavy atom. The molecule has 0 unspecified atom stereocenters. The van der Waals surface area contributed by atoms with Gasteiger partial charge in [-0.1, -0.05) is 39.7 Å². The SMILES string of the molecule is CN(C)c1cc(-c2cccc(Cl)c2)nc2ccc(Br)cc12. The molecule has 3 rings (SSSR count). The van der Waals surface area contributed by atoms with Crippen LogP contribution in [0.5, 0.6) is 0 Å². The van der Waals surface area contributed by atoms with Crippen LogP contribution in [-0.2, 0) is 0 Å². The number of halogens is 2. The predicted octanol–water partition coefficient (Wildman–Crippen LogP) is 5.38. The second kappa shape index (κ2) is 5.66. The van der Waals surface area contributed by atoms with E-state index in [0.29, 0.717) is 0 Å². The lowest BCUT2D eigenvalue weighted by atomic mass is 10.1. The lowest BCUT2D eigenvalue weighted by Crippen LogP contribution is -2.09. The van der Waals surface area contributed by atoms with E-state index < -0.39 is 0 Å². The van der Waals surface area contributed by atoms with Crippen molar-refractivity contribution in [2.24, 2.45) is 0 Å². The fraction of sp³-hybridized carbons (Fsp3) is 0.118. The van der Waals surface area contributed by atoms with Crippen molar-refractivity contribution < 1.29 is 0 Å². The first kappa shape index (κ1) is 14.4. The van der Waals surface area contributed by atoms with Gasteiger partial charge in [0, 0.05) is 40.2 Å². The van der Waals surface area contributed by atoms with E-state index in [4.69, 9.17) is 16.6 Å². The summed E-state index contributed by atoms with van der Waals surface area (Å²) in [6, 6.07) is 16.0. The van der Waals surface area contributed by atoms with Gasteiger partial charge in [-0.15, -0.1) is 0 Å². The molecule has 4 heteroatoms. The Morgan fingerprint density at radius 1 is 1.05 bits per heavy atom. The largest absolute Gasteiger partial charge is 0.377 e. The highest BCUT2D eigenvalue weighted by atomic mass is 79.9. The van der Waals surface area contributed by atoms with Crippen molar-refractivity contribution in [1.29, 1.82) is 0 Å². The summed E-state index contributed by atoms with van der Waals surface area (Å²) in [6.07, 6.45) is 0. The molecule has 0 N–H and O–H groups in total. The van der Waals surface area contributed by atoms with Crippen LogP contribution in [0, 0.1) is 0 Å². The minimum absolute atomic E-state index is 0.719. The first-order valence-corrected chi connectivity index (χ1v) is 7.75. The van der Waals surface area contributed by atoms with Gasteiger partial charge in [0.25, 0.3) is 0 Å². The van der Waals surface area contributed by atoms with E-state index in [9.17, 15) is 0 Å². The van der Waals surface area contributed by atoms with Crippen LogP contribution < -0.4 is 4.90 Å². The van der Waals surface area contributed by atoms with Crippen LogP contribution >= 0.6 is 27.5 Å². The number of anilines is 1. The smallest absolute Gasteiger partial charge is 0.0731 e. The number of hydrogen-bond acceptors (Lipinski definition) is 2. The molecular formula is C17H14BrClN2. The molecule has 0 bridgehead atoms. The van der Waals surface area contributed by atoms with Crippen LogP contribution in [0.4, 0.5) is 5.69 Å². The van der Waals surface area contributed by atoms with E-state index in [1.807, 2.05) is 50.5 Å². The molecule has 0 saturated carbocycles. The Bertz CT molecular complexity index is 815. The van der Waals surface area contributed by atoms with E-state index in [-0.39, 0.29) is 0 Å². The molecule has 0 amide bonds. The lowest BCUT2D eigenvalue weighted by molar-refractivity contribution is 1.14. The molecule has 0 aliphatic rings. The quantitative estimate of drug-likeness (QED) is 0.609. The summed E-state index contributed by atoms with van der Waals surface area (Å²) in [6.45, 7) is 0. The summed E-state index contributed by atoms with van der Waals surface area (Å²) in [5, 5.41) is 1.84. The molecule has 2 aromatic carbocycles. The number of fused-ring (bicyclic) bond motifs is 1. The van der Waals surface area contributed by atoms with Crippen LogP contribution in [0.3, 0.4) is 0 Å². The first-order valence-electron chi connectivity index (χ1n) is 6.58. The minimum atomic E-state index is 0.719. The van der Waals surface area contributed by atoms with E-state index >= 15 is 0 Å². The zero-order valence-electron chi connectivity index (χ0n) is 11.8. The van der Waals surface area contributed by atoms with Crippen molar-refractivity contribution in [1.82, 2.24) is 4.98 Å². The Kier molecular flexibility index (Phi) is 3.87. The highest BCUT2D eigenvalue weighted by molar-refractivity contribution is 9.10. The Balaban J connectivity index is 2.28. The summed E-state index contributed by atoms with van der Waals surface area (Å²) in [4.78, 5) is 6.87. The van der Waals surface area contributed by atoms with Crippen LogP contribution in [0.2, 0.25) is 5.02 Å². The third-order valence-corrected chi connectivity index (χ3v) is 4.08. The van der Waals surface area contributed by atoms with Crippen molar-refractivity contribution in [3.63, 3.8) is 0 Å². The van der Waals surface area contributed by atoms with E-state index in [1.54, 1.807) is 0 Å².